The molecule has 2 fully saturated rings. The molecule has 0 aromatic heterocycles. The average Bonchev–Trinajstić information content (AvgIpc) is 3.40. The Hall–Kier alpha value is -2.68. The first-order valence-corrected chi connectivity index (χ1v) is 10.5. The van der Waals surface area contributed by atoms with E-state index in [9.17, 15) is 14.4 Å². The molecule has 4 atom stereocenters. The fraction of sp³-hybridized carbons (Fsp3) is 0.429. The molecule has 158 valence electrons. The standard InChI is InChI=1S/C21H21BrN2O6/c1-3-29-15-7-11(6-14(22)19(15)30-10-16(25)28-2)9-23-24-20(26)17-12-4-5-13(8-12)18(17)21(24)27/h4-7,9,12-13,17-18H,3,8,10H2,1-2H3. The number of hydrogen-bond acceptors (Lipinski definition) is 7. The van der Waals surface area contributed by atoms with Crippen LogP contribution in [0.5, 0.6) is 11.5 Å². The van der Waals surface area contributed by atoms with Crippen LogP contribution in [-0.4, -0.2) is 49.3 Å². The number of halogens is 1. The van der Waals surface area contributed by atoms with E-state index in [0.29, 0.717) is 28.1 Å². The minimum atomic E-state index is -0.518. The van der Waals surface area contributed by atoms with Crippen molar-refractivity contribution in [2.45, 2.75) is 13.3 Å². The Kier molecular flexibility index (Phi) is 5.64. The van der Waals surface area contributed by atoms with Crippen molar-refractivity contribution in [2.75, 3.05) is 20.3 Å². The maximum absolute atomic E-state index is 12.7. The van der Waals surface area contributed by atoms with Crippen LogP contribution >= 0.6 is 15.9 Å². The van der Waals surface area contributed by atoms with Crippen LogP contribution in [0.25, 0.3) is 0 Å². The molecule has 1 saturated heterocycles. The van der Waals surface area contributed by atoms with Crippen LogP contribution in [-0.2, 0) is 19.1 Å². The normalized spacial score (nSPS) is 26.6. The van der Waals surface area contributed by atoms with E-state index in [-0.39, 0.29) is 42.1 Å². The Bertz CT molecular complexity index is 929. The van der Waals surface area contributed by atoms with Gasteiger partial charge in [-0.25, -0.2) is 4.79 Å². The summed E-state index contributed by atoms with van der Waals surface area (Å²) in [7, 11) is 1.28. The highest BCUT2D eigenvalue weighted by Gasteiger charge is 2.59. The van der Waals surface area contributed by atoms with E-state index in [1.165, 1.54) is 13.3 Å². The molecule has 2 amide bonds. The van der Waals surface area contributed by atoms with Gasteiger partial charge in [0.05, 0.1) is 36.2 Å². The number of amides is 2. The van der Waals surface area contributed by atoms with E-state index >= 15 is 0 Å². The number of nitrogens with zero attached hydrogens (tertiary/aromatic N) is 2. The molecule has 0 N–H and O–H groups in total. The number of esters is 1. The molecule has 1 heterocycles. The van der Waals surface area contributed by atoms with Gasteiger partial charge < -0.3 is 14.2 Å². The number of hydrazone groups is 1. The number of carbonyl (C=O) groups excluding carboxylic acids is 3. The summed E-state index contributed by atoms with van der Waals surface area (Å²) < 4.78 is 16.2. The minimum absolute atomic E-state index is 0.140. The second kappa shape index (κ2) is 8.22. The van der Waals surface area contributed by atoms with E-state index in [0.717, 1.165) is 11.4 Å². The van der Waals surface area contributed by atoms with Gasteiger partial charge in [-0.05, 0) is 58.8 Å². The van der Waals surface area contributed by atoms with Crippen molar-refractivity contribution in [3.63, 3.8) is 0 Å². The zero-order chi connectivity index (χ0) is 21.4. The van der Waals surface area contributed by atoms with Crippen LogP contribution in [0.3, 0.4) is 0 Å². The van der Waals surface area contributed by atoms with E-state index in [4.69, 9.17) is 9.47 Å². The number of rotatable bonds is 7. The van der Waals surface area contributed by atoms with Gasteiger partial charge >= 0.3 is 5.97 Å². The highest BCUT2D eigenvalue weighted by atomic mass is 79.9. The fourth-order valence-electron chi connectivity index (χ4n) is 4.38. The molecule has 2 bridgehead atoms. The second-order valence-electron chi connectivity index (χ2n) is 7.36. The molecule has 30 heavy (non-hydrogen) atoms. The average molecular weight is 477 g/mol. The Morgan fingerprint density at radius 1 is 1.20 bits per heavy atom. The van der Waals surface area contributed by atoms with E-state index < -0.39 is 5.97 Å². The zero-order valence-corrected chi connectivity index (χ0v) is 18.1. The van der Waals surface area contributed by atoms with Crippen molar-refractivity contribution in [1.29, 1.82) is 0 Å². The van der Waals surface area contributed by atoms with E-state index in [1.54, 1.807) is 12.1 Å². The van der Waals surface area contributed by atoms with Gasteiger partial charge in [-0.2, -0.15) is 10.1 Å². The molecule has 1 aromatic rings. The molecular formula is C21H21BrN2O6. The van der Waals surface area contributed by atoms with Crippen LogP contribution < -0.4 is 9.47 Å². The summed E-state index contributed by atoms with van der Waals surface area (Å²) in [6, 6.07) is 3.37. The molecule has 8 nitrogen and oxygen atoms in total. The second-order valence-corrected chi connectivity index (χ2v) is 8.21. The number of imide groups is 1. The number of hydrogen-bond donors (Lipinski definition) is 0. The van der Waals surface area contributed by atoms with Crippen LogP contribution in [0.15, 0.2) is 33.9 Å². The summed E-state index contributed by atoms with van der Waals surface area (Å²) in [5, 5.41) is 5.18. The molecule has 1 aliphatic heterocycles. The number of allylic oxidation sites excluding steroid dienone is 2. The van der Waals surface area contributed by atoms with Crippen molar-refractivity contribution in [2.24, 2.45) is 28.8 Å². The number of fused-ring (bicyclic) bond motifs is 5. The Balaban J connectivity index is 1.54. The molecule has 4 rings (SSSR count). The first-order chi connectivity index (χ1) is 14.4. The predicted molar refractivity (Wildman–Crippen MR) is 110 cm³/mol. The van der Waals surface area contributed by atoms with Gasteiger partial charge in [-0.3, -0.25) is 9.59 Å². The molecule has 1 aromatic carbocycles. The van der Waals surface area contributed by atoms with Crippen LogP contribution in [0.1, 0.15) is 18.9 Å². The van der Waals surface area contributed by atoms with Crippen molar-refractivity contribution >= 4 is 39.9 Å². The third-order valence-corrected chi connectivity index (χ3v) is 6.25. The highest BCUT2D eigenvalue weighted by Crippen LogP contribution is 2.52. The lowest BCUT2D eigenvalue weighted by atomic mass is 9.85. The van der Waals surface area contributed by atoms with Gasteiger partial charge in [-0.15, -0.1) is 0 Å². The monoisotopic (exact) mass is 476 g/mol. The fourth-order valence-corrected chi connectivity index (χ4v) is 4.95. The molecule has 0 radical (unpaired) electrons. The van der Waals surface area contributed by atoms with Crippen molar-refractivity contribution < 1.29 is 28.6 Å². The molecular weight excluding hydrogens is 456 g/mol. The van der Waals surface area contributed by atoms with Crippen molar-refractivity contribution in [1.82, 2.24) is 5.01 Å². The zero-order valence-electron chi connectivity index (χ0n) is 16.5. The Labute approximate surface area is 182 Å². The Morgan fingerprint density at radius 3 is 2.47 bits per heavy atom. The smallest absolute Gasteiger partial charge is 0.343 e. The van der Waals surface area contributed by atoms with Gasteiger partial charge in [-0.1, -0.05) is 12.2 Å². The quantitative estimate of drug-likeness (QED) is 0.259. The third kappa shape index (κ3) is 3.51. The van der Waals surface area contributed by atoms with E-state index in [2.05, 4.69) is 25.8 Å². The number of ether oxygens (including phenoxy) is 3. The molecule has 3 aliphatic rings. The summed E-state index contributed by atoms with van der Waals surface area (Å²) in [5.41, 5.74) is 0.606. The van der Waals surface area contributed by atoms with Gasteiger partial charge in [0.1, 0.15) is 0 Å². The maximum Gasteiger partial charge on any atom is 0.343 e. The summed E-state index contributed by atoms with van der Waals surface area (Å²) in [6.45, 7) is 1.93. The number of methoxy groups -OCH3 is 1. The summed E-state index contributed by atoms with van der Waals surface area (Å²) in [5.74, 6) is -0.534. The van der Waals surface area contributed by atoms with E-state index in [1.807, 2.05) is 19.1 Å². The van der Waals surface area contributed by atoms with Gasteiger partial charge in [0.15, 0.2) is 18.1 Å². The molecule has 1 saturated carbocycles. The third-order valence-electron chi connectivity index (χ3n) is 5.66. The largest absolute Gasteiger partial charge is 0.490 e. The Morgan fingerprint density at radius 2 is 1.87 bits per heavy atom. The number of carbonyl (C=O) groups is 3. The first kappa shape index (κ1) is 20.6. The topological polar surface area (TPSA) is 94.5 Å². The van der Waals surface area contributed by atoms with Crippen LogP contribution in [0, 0.1) is 23.7 Å². The molecule has 0 spiro atoms. The molecule has 9 heteroatoms. The minimum Gasteiger partial charge on any atom is -0.490 e. The van der Waals surface area contributed by atoms with Gasteiger partial charge in [0, 0.05) is 0 Å². The predicted octanol–water partition coefficient (Wildman–Crippen LogP) is 2.54. The van der Waals surface area contributed by atoms with Crippen LogP contribution in [0.4, 0.5) is 0 Å². The summed E-state index contributed by atoms with van der Waals surface area (Å²) in [6.07, 6.45) is 6.41. The van der Waals surface area contributed by atoms with Crippen molar-refractivity contribution in [3.05, 3.63) is 34.3 Å². The number of benzene rings is 1. The lowest BCUT2D eigenvalue weighted by Crippen LogP contribution is -2.28. The highest BCUT2D eigenvalue weighted by molar-refractivity contribution is 9.10. The lowest BCUT2D eigenvalue weighted by Gasteiger charge is -2.14. The SMILES string of the molecule is CCOc1cc(C=NN2C(=O)C3C4C=CC(C4)C3C2=O)cc(Br)c1OCC(=O)OC. The summed E-state index contributed by atoms with van der Waals surface area (Å²) in [4.78, 5) is 36.9. The maximum atomic E-state index is 12.7. The van der Waals surface area contributed by atoms with Crippen LogP contribution in [0.2, 0.25) is 0 Å². The molecule has 4 unspecified atom stereocenters. The first-order valence-electron chi connectivity index (χ1n) is 9.70. The van der Waals surface area contributed by atoms with Crippen molar-refractivity contribution in [3.8, 4) is 11.5 Å². The van der Waals surface area contributed by atoms with Gasteiger partial charge in [0.2, 0.25) is 0 Å². The summed E-state index contributed by atoms with van der Waals surface area (Å²) >= 11 is 3.41. The van der Waals surface area contributed by atoms with Gasteiger partial charge in [0.25, 0.3) is 11.8 Å². The lowest BCUT2D eigenvalue weighted by molar-refractivity contribution is -0.143. The molecule has 2 aliphatic carbocycles.